The van der Waals surface area contributed by atoms with Crippen LogP contribution in [-0.4, -0.2) is 49.1 Å². The maximum atomic E-state index is 10.7. The van der Waals surface area contributed by atoms with E-state index in [4.69, 9.17) is 4.74 Å². The molecule has 2 atom stereocenters. The molecule has 1 saturated heterocycles. The van der Waals surface area contributed by atoms with E-state index in [2.05, 4.69) is 31.4 Å². The minimum absolute atomic E-state index is 0.404. The first-order chi connectivity index (χ1) is 9.39. The Morgan fingerprint density at radius 2 is 2.00 bits per heavy atom. The number of aliphatic hydroxyl groups is 1. The van der Waals surface area contributed by atoms with Crippen molar-refractivity contribution < 1.29 is 9.84 Å². The highest BCUT2D eigenvalue weighted by Gasteiger charge is 2.36. The Labute approximate surface area is 123 Å². The first-order valence-electron chi connectivity index (χ1n) is 8.16. The molecular formula is C16H32N2O2. The van der Waals surface area contributed by atoms with Crippen LogP contribution in [0, 0.1) is 5.41 Å². The molecule has 4 heteroatoms. The highest BCUT2D eigenvalue weighted by atomic mass is 16.5. The van der Waals surface area contributed by atoms with Gasteiger partial charge in [-0.1, -0.05) is 13.8 Å². The van der Waals surface area contributed by atoms with Gasteiger partial charge in [0.2, 0.25) is 0 Å². The summed E-state index contributed by atoms with van der Waals surface area (Å²) in [7, 11) is 0. The van der Waals surface area contributed by atoms with Gasteiger partial charge >= 0.3 is 0 Å². The average Bonchev–Trinajstić information content (AvgIpc) is 2.42. The van der Waals surface area contributed by atoms with E-state index in [9.17, 15) is 5.11 Å². The van der Waals surface area contributed by atoms with Gasteiger partial charge in [-0.3, -0.25) is 0 Å². The van der Waals surface area contributed by atoms with E-state index < -0.39 is 5.60 Å². The monoisotopic (exact) mass is 284 g/mol. The van der Waals surface area contributed by atoms with Gasteiger partial charge in [-0.05, 0) is 44.4 Å². The lowest BCUT2D eigenvalue weighted by atomic mass is 9.71. The Morgan fingerprint density at radius 1 is 1.30 bits per heavy atom. The Hall–Kier alpha value is -0.160. The zero-order chi connectivity index (χ0) is 14.6. The van der Waals surface area contributed by atoms with Crippen molar-refractivity contribution in [3.63, 3.8) is 0 Å². The molecule has 3 N–H and O–H groups in total. The lowest BCUT2D eigenvalue weighted by Crippen LogP contribution is -2.49. The lowest BCUT2D eigenvalue weighted by Gasteiger charge is -2.41. The quantitative estimate of drug-likeness (QED) is 0.719. The van der Waals surface area contributed by atoms with Crippen LogP contribution in [0.1, 0.15) is 52.9 Å². The first-order valence-corrected chi connectivity index (χ1v) is 8.16. The summed E-state index contributed by atoms with van der Waals surface area (Å²) in [4.78, 5) is 0. The summed E-state index contributed by atoms with van der Waals surface area (Å²) in [5.74, 6) is 0. The summed E-state index contributed by atoms with van der Waals surface area (Å²) in [5.41, 5.74) is -0.0958. The fourth-order valence-corrected chi connectivity index (χ4v) is 3.21. The van der Waals surface area contributed by atoms with Crippen LogP contribution in [0.15, 0.2) is 0 Å². The largest absolute Gasteiger partial charge is 0.389 e. The third-order valence-electron chi connectivity index (χ3n) is 4.95. The molecule has 0 aromatic rings. The number of ether oxygens (including phenoxy) is 1. The van der Waals surface area contributed by atoms with Crippen LogP contribution in [0.25, 0.3) is 0 Å². The first kappa shape index (κ1) is 16.2. The molecule has 2 aliphatic rings. The third kappa shape index (κ3) is 4.99. The molecule has 2 fully saturated rings. The van der Waals surface area contributed by atoms with Crippen LogP contribution >= 0.6 is 0 Å². The van der Waals surface area contributed by atoms with Gasteiger partial charge in [0.25, 0.3) is 0 Å². The van der Waals surface area contributed by atoms with Crippen LogP contribution in [0.5, 0.6) is 0 Å². The molecule has 4 nitrogen and oxygen atoms in total. The number of hydrogen-bond donors (Lipinski definition) is 3. The lowest BCUT2D eigenvalue weighted by molar-refractivity contribution is -0.0264. The van der Waals surface area contributed by atoms with E-state index >= 15 is 0 Å². The van der Waals surface area contributed by atoms with Crippen molar-refractivity contribution in [1.82, 2.24) is 10.6 Å². The van der Waals surface area contributed by atoms with Crippen LogP contribution in [-0.2, 0) is 4.74 Å². The molecule has 1 saturated carbocycles. The van der Waals surface area contributed by atoms with Gasteiger partial charge in [-0.25, -0.2) is 0 Å². The molecule has 2 rings (SSSR count). The van der Waals surface area contributed by atoms with E-state index in [1.54, 1.807) is 0 Å². The van der Waals surface area contributed by atoms with E-state index in [0.29, 0.717) is 17.5 Å². The zero-order valence-corrected chi connectivity index (χ0v) is 13.4. The van der Waals surface area contributed by atoms with Crippen molar-refractivity contribution in [2.24, 2.45) is 5.41 Å². The number of morpholine rings is 1. The van der Waals surface area contributed by atoms with Gasteiger partial charge in [0.1, 0.15) is 0 Å². The molecule has 118 valence electrons. The number of nitrogens with one attached hydrogen (secondary N) is 2. The van der Waals surface area contributed by atoms with Gasteiger partial charge in [0.05, 0.1) is 18.8 Å². The van der Waals surface area contributed by atoms with Crippen molar-refractivity contribution in [2.45, 2.75) is 70.6 Å². The second kappa shape index (κ2) is 6.73. The van der Waals surface area contributed by atoms with Gasteiger partial charge in [0.15, 0.2) is 0 Å². The van der Waals surface area contributed by atoms with Crippen LogP contribution in [0.4, 0.5) is 0 Å². The topological polar surface area (TPSA) is 53.5 Å². The van der Waals surface area contributed by atoms with Crippen LogP contribution in [0.2, 0.25) is 0 Å². The van der Waals surface area contributed by atoms with Gasteiger partial charge in [-0.15, -0.1) is 0 Å². The van der Waals surface area contributed by atoms with Crippen molar-refractivity contribution >= 4 is 0 Å². The normalized spacial score (nSPS) is 30.9. The Bertz CT molecular complexity index is 291. The Balaban J connectivity index is 1.68. The predicted octanol–water partition coefficient (Wildman–Crippen LogP) is 1.67. The molecule has 0 spiro atoms. The summed E-state index contributed by atoms with van der Waals surface area (Å²) < 4.78 is 5.48. The molecular weight excluding hydrogens is 252 g/mol. The summed E-state index contributed by atoms with van der Waals surface area (Å²) in [5, 5.41) is 17.7. The molecule has 0 aromatic carbocycles. The summed E-state index contributed by atoms with van der Waals surface area (Å²) >= 11 is 0. The zero-order valence-electron chi connectivity index (χ0n) is 13.4. The van der Waals surface area contributed by atoms with E-state index in [1.807, 2.05) is 0 Å². The predicted molar refractivity (Wildman–Crippen MR) is 81.9 cm³/mol. The molecule has 20 heavy (non-hydrogen) atoms. The number of hydrogen-bond acceptors (Lipinski definition) is 4. The summed E-state index contributed by atoms with van der Waals surface area (Å²) in [6, 6.07) is 0.861. The standard InChI is InChI=1S/C16H32N2O2/c1-13(10-14-11-20-9-8-17-14)18-12-16(19)6-4-15(2,3)5-7-16/h13-14,17-19H,4-12H2,1-3H3. The summed E-state index contributed by atoms with van der Waals surface area (Å²) in [6.45, 7) is 10.1. The molecule has 0 radical (unpaired) electrons. The molecule has 1 aliphatic carbocycles. The van der Waals surface area contributed by atoms with Crippen molar-refractivity contribution in [1.29, 1.82) is 0 Å². The Kier molecular flexibility index (Phi) is 5.46. The fraction of sp³-hybridized carbons (Fsp3) is 1.00. The van der Waals surface area contributed by atoms with Gasteiger partial charge in [0, 0.05) is 25.2 Å². The molecule has 0 bridgehead atoms. The molecule has 0 amide bonds. The van der Waals surface area contributed by atoms with E-state index in [0.717, 1.165) is 58.4 Å². The van der Waals surface area contributed by atoms with E-state index in [-0.39, 0.29) is 0 Å². The van der Waals surface area contributed by atoms with Crippen molar-refractivity contribution in [2.75, 3.05) is 26.3 Å². The second-order valence-electron chi connectivity index (χ2n) is 7.63. The average molecular weight is 284 g/mol. The van der Waals surface area contributed by atoms with Crippen molar-refractivity contribution in [3.8, 4) is 0 Å². The number of rotatable bonds is 5. The molecule has 1 heterocycles. The van der Waals surface area contributed by atoms with Crippen LogP contribution in [0.3, 0.4) is 0 Å². The summed E-state index contributed by atoms with van der Waals surface area (Å²) in [6.07, 6.45) is 5.14. The molecule has 2 unspecified atom stereocenters. The minimum atomic E-state index is -0.500. The smallest absolute Gasteiger partial charge is 0.0772 e. The van der Waals surface area contributed by atoms with Gasteiger partial charge in [-0.2, -0.15) is 0 Å². The highest BCUT2D eigenvalue weighted by Crippen LogP contribution is 2.39. The van der Waals surface area contributed by atoms with E-state index in [1.165, 1.54) is 0 Å². The van der Waals surface area contributed by atoms with Gasteiger partial charge < -0.3 is 20.5 Å². The molecule has 0 aromatic heterocycles. The second-order valence-corrected chi connectivity index (χ2v) is 7.63. The Morgan fingerprint density at radius 3 is 2.60 bits per heavy atom. The SMILES string of the molecule is CC(CC1COCCN1)NCC1(O)CCC(C)(C)CC1. The maximum absolute atomic E-state index is 10.7. The fourth-order valence-electron chi connectivity index (χ4n) is 3.21. The highest BCUT2D eigenvalue weighted by molar-refractivity contribution is 4.91. The maximum Gasteiger partial charge on any atom is 0.0772 e. The third-order valence-corrected chi connectivity index (χ3v) is 4.95. The minimum Gasteiger partial charge on any atom is -0.389 e. The molecule has 1 aliphatic heterocycles. The van der Waals surface area contributed by atoms with Crippen molar-refractivity contribution in [3.05, 3.63) is 0 Å². The van der Waals surface area contributed by atoms with Crippen LogP contribution < -0.4 is 10.6 Å².